The van der Waals surface area contributed by atoms with Crippen LogP contribution in [0.5, 0.6) is 5.75 Å². The van der Waals surface area contributed by atoms with Gasteiger partial charge in [0.2, 0.25) is 0 Å². The Hall–Kier alpha value is -3.06. The number of hydrogen-bond acceptors (Lipinski definition) is 4. The van der Waals surface area contributed by atoms with Gasteiger partial charge in [0.15, 0.2) is 0 Å². The Morgan fingerprint density at radius 3 is 2.52 bits per heavy atom. The number of anilines is 1. The number of carbonyl (C=O) groups excluding carboxylic acids is 2. The minimum atomic E-state index is -0.342. The average molecular weight is 397 g/mol. The molecule has 0 aromatic heterocycles. The van der Waals surface area contributed by atoms with E-state index in [1.165, 1.54) is 0 Å². The third-order valence-electron chi connectivity index (χ3n) is 4.88. The van der Waals surface area contributed by atoms with Crippen LogP contribution in [0.4, 0.5) is 10.5 Å². The Bertz CT molecular complexity index is 832. The van der Waals surface area contributed by atoms with Gasteiger partial charge in [-0.1, -0.05) is 24.3 Å². The maximum absolute atomic E-state index is 12.8. The molecule has 0 bridgehead atoms. The van der Waals surface area contributed by atoms with E-state index in [1.54, 1.807) is 41.3 Å². The summed E-state index contributed by atoms with van der Waals surface area (Å²) >= 11 is 0. The molecular weight excluding hydrogens is 370 g/mol. The minimum Gasteiger partial charge on any atom is -0.508 e. The number of nitrogens with one attached hydrogen (secondary N) is 2. The zero-order valence-corrected chi connectivity index (χ0v) is 16.6. The lowest BCUT2D eigenvalue weighted by Crippen LogP contribution is -2.41. The number of para-hydroxylation sites is 1. The van der Waals surface area contributed by atoms with Crippen LogP contribution in [0.2, 0.25) is 0 Å². The van der Waals surface area contributed by atoms with Crippen LogP contribution in [-0.2, 0) is 11.2 Å². The number of nitrogens with zero attached hydrogens (tertiary/aromatic N) is 1. The molecule has 2 aromatic carbocycles. The number of benzene rings is 2. The molecule has 0 radical (unpaired) electrons. The van der Waals surface area contributed by atoms with Crippen LogP contribution in [0, 0.1) is 0 Å². The highest BCUT2D eigenvalue weighted by Crippen LogP contribution is 2.18. The standard InChI is InChI=1S/C22H27N3O4/c1-16(6-7-17-8-10-18(26)11-9-17)23-22(28)24-20-5-3-2-4-19(20)21(27)25-12-14-29-15-13-25/h2-5,8-11,16,26H,6-7,12-15H2,1H3,(H2,23,24,28)/t16-/m0/s1. The first-order chi connectivity index (χ1) is 14.0. The van der Waals surface area contributed by atoms with Crippen LogP contribution in [0.15, 0.2) is 48.5 Å². The third-order valence-corrected chi connectivity index (χ3v) is 4.88. The molecule has 7 heteroatoms. The topological polar surface area (TPSA) is 90.9 Å². The van der Waals surface area contributed by atoms with Gasteiger partial charge in [0.25, 0.3) is 5.91 Å². The lowest BCUT2D eigenvalue weighted by atomic mass is 10.1. The van der Waals surface area contributed by atoms with Gasteiger partial charge in [-0.15, -0.1) is 0 Å². The zero-order valence-electron chi connectivity index (χ0n) is 16.6. The summed E-state index contributed by atoms with van der Waals surface area (Å²) in [4.78, 5) is 27.0. The summed E-state index contributed by atoms with van der Waals surface area (Å²) in [5, 5.41) is 15.1. The first kappa shape index (κ1) is 20.7. The van der Waals surface area contributed by atoms with Crippen molar-refractivity contribution in [2.45, 2.75) is 25.8 Å². The van der Waals surface area contributed by atoms with Crippen molar-refractivity contribution in [2.75, 3.05) is 31.6 Å². The number of carbonyl (C=O) groups is 2. The molecule has 3 rings (SSSR count). The summed E-state index contributed by atoms with van der Waals surface area (Å²) in [6.45, 7) is 4.09. The summed E-state index contributed by atoms with van der Waals surface area (Å²) in [6.07, 6.45) is 1.54. The molecular formula is C22H27N3O4. The van der Waals surface area contributed by atoms with Crippen molar-refractivity contribution in [3.8, 4) is 5.75 Å². The van der Waals surface area contributed by atoms with E-state index < -0.39 is 0 Å². The van der Waals surface area contributed by atoms with Crippen molar-refractivity contribution >= 4 is 17.6 Å². The fourth-order valence-corrected chi connectivity index (χ4v) is 3.22. The van der Waals surface area contributed by atoms with Crippen LogP contribution in [0.1, 0.15) is 29.3 Å². The van der Waals surface area contributed by atoms with Crippen molar-refractivity contribution in [3.63, 3.8) is 0 Å². The summed E-state index contributed by atoms with van der Waals surface area (Å²) in [5.74, 6) is 0.133. The fourth-order valence-electron chi connectivity index (χ4n) is 3.22. The van der Waals surface area contributed by atoms with E-state index in [-0.39, 0.29) is 23.7 Å². The summed E-state index contributed by atoms with van der Waals surface area (Å²) in [6, 6.07) is 13.7. The van der Waals surface area contributed by atoms with E-state index in [1.807, 2.05) is 19.1 Å². The first-order valence-electron chi connectivity index (χ1n) is 9.84. The summed E-state index contributed by atoms with van der Waals surface area (Å²) in [5.41, 5.74) is 2.06. The number of rotatable bonds is 6. The number of urea groups is 1. The number of morpholine rings is 1. The van der Waals surface area contributed by atoms with Gasteiger partial charge in [0.1, 0.15) is 5.75 Å². The first-order valence-corrected chi connectivity index (χ1v) is 9.84. The number of hydrogen-bond donors (Lipinski definition) is 3. The number of aryl methyl sites for hydroxylation is 1. The quantitative estimate of drug-likeness (QED) is 0.699. The largest absolute Gasteiger partial charge is 0.508 e. The van der Waals surface area contributed by atoms with Crippen molar-refractivity contribution in [1.82, 2.24) is 10.2 Å². The Morgan fingerprint density at radius 2 is 1.79 bits per heavy atom. The second-order valence-corrected chi connectivity index (χ2v) is 7.15. The van der Waals surface area contributed by atoms with Crippen LogP contribution in [-0.4, -0.2) is 54.3 Å². The van der Waals surface area contributed by atoms with Crippen LogP contribution in [0.25, 0.3) is 0 Å². The van der Waals surface area contributed by atoms with Gasteiger partial charge in [0, 0.05) is 19.1 Å². The van der Waals surface area contributed by atoms with Crippen LogP contribution in [0.3, 0.4) is 0 Å². The van der Waals surface area contributed by atoms with Crippen LogP contribution >= 0.6 is 0 Å². The Morgan fingerprint density at radius 1 is 1.10 bits per heavy atom. The van der Waals surface area contributed by atoms with Crippen molar-refractivity contribution in [3.05, 3.63) is 59.7 Å². The highest BCUT2D eigenvalue weighted by molar-refractivity contribution is 6.03. The molecule has 29 heavy (non-hydrogen) atoms. The molecule has 2 aromatic rings. The van der Waals surface area contributed by atoms with Crippen molar-refractivity contribution in [2.24, 2.45) is 0 Å². The van der Waals surface area contributed by atoms with Gasteiger partial charge in [-0.2, -0.15) is 0 Å². The smallest absolute Gasteiger partial charge is 0.319 e. The number of ether oxygens (including phenoxy) is 1. The molecule has 0 aliphatic carbocycles. The highest BCUT2D eigenvalue weighted by Gasteiger charge is 2.21. The van der Waals surface area contributed by atoms with Crippen molar-refractivity contribution < 1.29 is 19.4 Å². The van der Waals surface area contributed by atoms with Gasteiger partial charge in [0.05, 0.1) is 24.5 Å². The van der Waals surface area contributed by atoms with Gasteiger partial charge in [-0.05, 0) is 49.6 Å². The number of phenols is 1. The van der Waals surface area contributed by atoms with E-state index in [2.05, 4.69) is 10.6 Å². The molecule has 3 N–H and O–H groups in total. The number of amides is 3. The predicted octanol–water partition coefficient (Wildman–Crippen LogP) is 3.01. The summed E-state index contributed by atoms with van der Waals surface area (Å²) < 4.78 is 5.30. The number of aromatic hydroxyl groups is 1. The van der Waals surface area contributed by atoms with E-state index in [0.29, 0.717) is 37.6 Å². The Kier molecular flexibility index (Phi) is 7.08. The Labute approximate surface area is 170 Å². The van der Waals surface area contributed by atoms with Gasteiger partial charge < -0.3 is 25.4 Å². The molecule has 1 aliphatic rings. The lowest BCUT2D eigenvalue weighted by molar-refractivity contribution is 0.0303. The minimum absolute atomic E-state index is 0.0501. The molecule has 0 spiro atoms. The van der Waals surface area contributed by atoms with Gasteiger partial charge in [-0.3, -0.25) is 4.79 Å². The fraction of sp³-hybridized carbons (Fsp3) is 0.364. The van der Waals surface area contributed by atoms with Gasteiger partial charge in [-0.25, -0.2) is 4.79 Å². The third kappa shape index (κ3) is 5.96. The second-order valence-electron chi connectivity index (χ2n) is 7.15. The zero-order chi connectivity index (χ0) is 20.6. The van der Waals surface area contributed by atoms with Crippen molar-refractivity contribution in [1.29, 1.82) is 0 Å². The molecule has 1 aliphatic heterocycles. The van der Waals surface area contributed by atoms with E-state index in [4.69, 9.17) is 4.74 Å². The Balaban J connectivity index is 1.54. The highest BCUT2D eigenvalue weighted by atomic mass is 16.5. The molecule has 1 atom stereocenters. The van der Waals surface area contributed by atoms with E-state index >= 15 is 0 Å². The molecule has 0 unspecified atom stereocenters. The number of phenolic OH excluding ortho intramolecular Hbond substituents is 1. The van der Waals surface area contributed by atoms with Gasteiger partial charge >= 0.3 is 6.03 Å². The molecule has 0 saturated carbocycles. The molecule has 1 saturated heterocycles. The van der Waals surface area contributed by atoms with E-state index in [9.17, 15) is 14.7 Å². The van der Waals surface area contributed by atoms with E-state index in [0.717, 1.165) is 18.4 Å². The normalized spacial score (nSPS) is 14.9. The maximum atomic E-state index is 12.8. The molecule has 1 heterocycles. The molecule has 1 fully saturated rings. The maximum Gasteiger partial charge on any atom is 0.319 e. The second kappa shape index (κ2) is 9.93. The molecule has 3 amide bonds. The molecule has 7 nitrogen and oxygen atoms in total. The van der Waals surface area contributed by atoms with Crippen LogP contribution < -0.4 is 10.6 Å². The SMILES string of the molecule is C[C@@H](CCc1ccc(O)cc1)NC(=O)Nc1ccccc1C(=O)N1CCOCC1. The average Bonchev–Trinajstić information content (AvgIpc) is 2.74. The molecule has 154 valence electrons. The summed E-state index contributed by atoms with van der Waals surface area (Å²) in [7, 11) is 0. The lowest BCUT2D eigenvalue weighted by Gasteiger charge is -2.27. The monoisotopic (exact) mass is 397 g/mol. The predicted molar refractivity (Wildman–Crippen MR) is 111 cm³/mol.